The summed E-state index contributed by atoms with van der Waals surface area (Å²) in [7, 11) is 0. The third kappa shape index (κ3) is 3.93. The second-order valence-electron chi connectivity index (χ2n) is 5.73. The lowest BCUT2D eigenvalue weighted by Gasteiger charge is -2.27. The van der Waals surface area contributed by atoms with E-state index in [9.17, 15) is 4.39 Å². The Morgan fingerprint density at radius 1 is 1.25 bits per heavy atom. The molecule has 0 spiro atoms. The smallest absolute Gasteiger partial charge is 0.195 e. The highest BCUT2D eigenvalue weighted by molar-refractivity contribution is 5.26. The Hall–Kier alpha value is -1.62. The van der Waals surface area contributed by atoms with Crippen LogP contribution in [0.5, 0.6) is 0 Å². The molecule has 0 N–H and O–H groups in total. The Kier molecular flexibility index (Phi) is 5.35. The van der Waals surface area contributed by atoms with Crippen molar-refractivity contribution in [3.8, 4) is 6.07 Å². The minimum Gasteiger partial charge on any atom is -0.195 e. The minimum absolute atomic E-state index is 0.241. The van der Waals surface area contributed by atoms with Crippen LogP contribution in [0.25, 0.3) is 0 Å². The van der Waals surface area contributed by atoms with Crippen molar-refractivity contribution in [2.45, 2.75) is 51.4 Å². The van der Waals surface area contributed by atoms with Gasteiger partial charge in [-0.1, -0.05) is 37.6 Å². The molecule has 1 aromatic carbocycles. The fourth-order valence-electron chi connectivity index (χ4n) is 3.11. The summed E-state index contributed by atoms with van der Waals surface area (Å²) in [6, 6.07) is 10.5. The molecule has 0 aromatic heterocycles. The van der Waals surface area contributed by atoms with E-state index >= 15 is 0 Å². The van der Waals surface area contributed by atoms with Gasteiger partial charge in [0, 0.05) is 0 Å². The highest BCUT2D eigenvalue weighted by Gasteiger charge is 2.21. The first-order chi connectivity index (χ1) is 9.72. The van der Waals surface area contributed by atoms with Crippen molar-refractivity contribution in [2.75, 3.05) is 0 Å². The molecule has 2 rings (SSSR count). The molecule has 1 nitrogen and oxygen atoms in total. The fraction of sp³-hybridized carbons (Fsp3) is 0.500. The van der Waals surface area contributed by atoms with E-state index < -0.39 is 5.83 Å². The monoisotopic (exact) mass is 271 g/mol. The summed E-state index contributed by atoms with van der Waals surface area (Å²) in [6.07, 6.45) is 7.97. The normalized spacial score (nSPS) is 23.4. The Labute approximate surface area is 121 Å². The van der Waals surface area contributed by atoms with Crippen LogP contribution >= 0.6 is 0 Å². The summed E-state index contributed by atoms with van der Waals surface area (Å²) in [6.45, 7) is 2.20. The zero-order valence-electron chi connectivity index (χ0n) is 12.1. The van der Waals surface area contributed by atoms with Crippen LogP contribution in [0.1, 0.15) is 56.1 Å². The van der Waals surface area contributed by atoms with Crippen LogP contribution in [0.4, 0.5) is 4.39 Å². The predicted molar refractivity (Wildman–Crippen MR) is 79.9 cm³/mol. The first-order valence-electron chi connectivity index (χ1n) is 7.59. The number of hydrogen-bond donors (Lipinski definition) is 0. The zero-order chi connectivity index (χ0) is 14.4. The van der Waals surface area contributed by atoms with Gasteiger partial charge in [-0.05, 0) is 61.1 Å². The Morgan fingerprint density at radius 3 is 2.45 bits per heavy atom. The van der Waals surface area contributed by atoms with Crippen molar-refractivity contribution in [3.63, 3.8) is 0 Å². The third-order valence-electron chi connectivity index (χ3n) is 4.25. The molecule has 0 heterocycles. The van der Waals surface area contributed by atoms with Gasteiger partial charge in [0.25, 0.3) is 0 Å². The molecule has 2 heteroatoms. The van der Waals surface area contributed by atoms with Gasteiger partial charge in [-0.25, -0.2) is 0 Å². The molecule has 0 unspecified atom stereocenters. The van der Waals surface area contributed by atoms with Crippen molar-refractivity contribution in [1.29, 1.82) is 5.26 Å². The quantitative estimate of drug-likeness (QED) is 0.682. The molecule has 106 valence electrons. The Bertz CT molecular complexity index is 487. The molecule has 0 atom stereocenters. The summed E-state index contributed by atoms with van der Waals surface area (Å²) in [4.78, 5) is 0. The van der Waals surface area contributed by atoms with E-state index in [0.29, 0.717) is 5.92 Å². The molecule has 0 aliphatic heterocycles. The molecule has 1 aromatic rings. The van der Waals surface area contributed by atoms with Crippen molar-refractivity contribution in [2.24, 2.45) is 5.92 Å². The summed E-state index contributed by atoms with van der Waals surface area (Å²) in [5.74, 6) is 0.211. The molecule has 1 fully saturated rings. The molecular weight excluding hydrogens is 249 g/mol. The third-order valence-corrected chi connectivity index (χ3v) is 4.25. The van der Waals surface area contributed by atoms with E-state index in [1.165, 1.54) is 23.6 Å². The van der Waals surface area contributed by atoms with Crippen LogP contribution in [0.2, 0.25) is 0 Å². The molecule has 1 aliphatic carbocycles. The number of rotatable bonds is 4. The maximum absolute atomic E-state index is 13.0. The molecule has 0 radical (unpaired) electrons. The van der Waals surface area contributed by atoms with Crippen LogP contribution < -0.4 is 0 Å². The minimum atomic E-state index is -0.627. The maximum Gasteiger partial charge on any atom is 0.196 e. The van der Waals surface area contributed by atoms with Gasteiger partial charge in [0.1, 0.15) is 6.07 Å². The molecule has 0 amide bonds. The van der Waals surface area contributed by atoms with E-state index in [4.69, 9.17) is 5.26 Å². The molecule has 1 aliphatic rings. The van der Waals surface area contributed by atoms with Gasteiger partial charge in [0.15, 0.2) is 5.83 Å². The summed E-state index contributed by atoms with van der Waals surface area (Å²) in [5, 5.41) is 8.47. The van der Waals surface area contributed by atoms with Crippen LogP contribution in [-0.4, -0.2) is 0 Å². The van der Waals surface area contributed by atoms with Gasteiger partial charge in [-0.3, -0.25) is 0 Å². The predicted octanol–water partition coefficient (Wildman–Crippen LogP) is 5.29. The van der Waals surface area contributed by atoms with Crippen molar-refractivity contribution < 1.29 is 4.39 Å². The van der Waals surface area contributed by atoms with Crippen LogP contribution in [0.15, 0.2) is 36.2 Å². The van der Waals surface area contributed by atoms with Crippen LogP contribution in [0, 0.1) is 17.2 Å². The number of nitrogens with zero attached hydrogens (tertiary/aromatic N) is 1. The largest absolute Gasteiger partial charge is 0.196 e. The van der Waals surface area contributed by atoms with Gasteiger partial charge in [0.2, 0.25) is 0 Å². The topological polar surface area (TPSA) is 23.8 Å². The molecular formula is C18H22FN. The fourth-order valence-corrected chi connectivity index (χ4v) is 3.11. The lowest BCUT2D eigenvalue weighted by Crippen LogP contribution is -2.12. The highest BCUT2D eigenvalue weighted by atomic mass is 19.1. The van der Waals surface area contributed by atoms with Crippen LogP contribution in [0.3, 0.4) is 0 Å². The average molecular weight is 271 g/mol. The molecule has 0 bridgehead atoms. The first-order valence-corrected chi connectivity index (χ1v) is 7.59. The summed E-state index contributed by atoms with van der Waals surface area (Å²) >= 11 is 0. The zero-order valence-corrected chi connectivity index (χ0v) is 12.1. The van der Waals surface area contributed by atoms with E-state index in [-0.39, 0.29) is 5.92 Å². The number of aryl methyl sites for hydroxylation is 1. The van der Waals surface area contributed by atoms with Crippen molar-refractivity contribution >= 4 is 0 Å². The lowest BCUT2D eigenvalue weighted by atomic mass is 9.78. The van der Waals surface area contributed by atoms with E-state index in [1.54, 1.807) is 6.07 Å². The maximum atomic E-state index is 13.0. The number of nitriles is 1. The molecule has 0 saturated heterocycles. The van der Waals surface area contributed by atoms with Gasteiger partial charge >= 0.3 is 0 Å². The van der Waals surface area contributed by atoms with Crippen molar-refractivity contribution in [1.82, 2.24) is 0 Å². The molecule has 1 saturated carbocycles. The van der Waals surface area contributed by atoms with E-state index in [1.807, 2.05) is 0 Å². The SMILES string of the molecule is CCCc1ccc([C@H]2CC[C@H](C=C(F)C#N)CC2)cc1. The first kappa shape index (κ1) is 14.8. The Balaban J connectivity index is 1.92. The van der Waals surface area contributed by atoms with Crippen LogP contribution in [-0.2, 0) is 6.42 Å². The average Bonchev–Trinajstić information content (AvgIpc) is 2.49. The van der Waals surface area contributed by atoms with Gasteiger partial charge in [-0.15, -0.1) is 0 Å². The summed E-state index contributed by atoms with van der Waals surface area (Å²) in [5.41, 5.74) is 2.82. The lowest BCUT2D eigenvalue weighted by molar-refractivity contribution is 0.372. The van der Waals surface area contributed by atoms with E-state index in [2.05, 4.69) is 31.2 Å². The number of hydrogen-bond acceptors (Lipinski definition) is 1. The van der Waals surface area contributed by atoms with Gasteiger partial charge < -0.3 is 0 Å². The second kappa shape index (κ2) is 7.24. The Morgan fingerprint density at radius 2 is 1.90 bits per heavy atom. The van der Waals surface area contributed by atoms with Gasteiger partial charge in [-0.2, -0.15) is 9.65 Å². The van der Waals surface area contributed by atoms with E-state index in [0.717, 1.165) is 32.1 Å². The summed E-state index contributed by atoms with van der Waals surface area (Å²) < 4.78 is 13.0. The highest BCUT2D eigenvalue weighted by Crippen LogP contribution is 2.36. The second-order valence-corrected chi connectivity index (χ2v) is 5.73. The number of benzene rings is 1. The standard InChI is InChI=1S/C18H22FN/c1-2-3-14-4-8-16(9-5-14)17-10-6-15(7-11-17)12-18(19)13-20/h4-5,8-9,12,15,17H,2-3,6-7,10-11H2,1H3/t15-,17-. The number of allylic oxidation sites excluding steroid dienone is 2. The van der Waals surface area contributed by atoms with Crippen molar-refractivity contribution in [3.05, 3.63) is 47.3 Å². The van der Waals surface area contributed by atoms with Gasteiger partial charge in [0.05, 0.1) is 0 Å². The molecule has 20 heavy (non-hydrogen) atoms. The number of halogens is 1.